The van der Waals surface area contributed by atoms with Crippen molar-refractivity contribution in [1.29, 1.82) is 0 Å². The van der Waals surface area contributed by atoms with E-state index in [0.29, 0.717) is 19.4 Å². The molecule has 0 saturated carbocycles. The highest BCUT2D eigenvalue weighted by Gasteiger charge is 2.06. The van der Waals surface area contributed by atoms with E-state index in [1.807, 2.05) is 0 Å². The summed E-state index contributed by atoms with van der Waals surface area (Å²) in [4.78, 5) is 21.5. The van der Waals surface area contributed by atoms with Crippen LogP contribution in [0.3, 0.4) is 0 Å². The molecule has 0 radical (unpaired) electrons. The van der Waals surface area contributed by atoms with Crippen molar-refractivity contribution in [3.63, 3.8) is 0 Å². The molecule has 1 aromatic carbocycles. The van der Waals surface area contributed by atoms with Gasteiger partial charge in [0.25, 0.3) is 5.69 Å². The molecule has 7 nitrogen and oxygen atoms in total. The van der Waals surface area contributed by atoms with Gasteiger partial charge >= 0.3 is 0 Å². The molecule has 1 unspecified atom stereocenters. The lowest BCUT2D eigenvalue weighted by Gasteiger charge is -2.11. The van der Waals surface area contributed by atoms with Gasteiger partial charge in [-0.15, -0.1) is 0 Å². The van der Waals surface area contributed by atoms with Crippen molar-refractivity contribution >= 4 is 17.3 Å². The fourth-order valence-corrected chi connectivity index (χ4v) is 1.58. The van der Waals surface area contributed by atoms with Crippen molar-refractivity contribution < 1.29 is 14.8 Å². The van der Waals surface area contributed by atoms with Crippen molar-refractivity contribution in [1.82, 2.24) is 5.32 Å². The highest BCUT2D eigenvalue weighted by molar-refractivity contribution is 5.76. The molecule has 0 heterocycles. The van der Waals surface area contributed by atoms with E-state index in [9.17, 15) is 14.9 Å². The molecular weight excluding hydrogens is 262 g/mol. The number of aliphatic hydroxyl groups is 1. The SMILES string of the molecule is CC(CO)NC(=O)CCCNc1ccc([N+](=O)[O-])cc1. The summed E-state index contributed by atoms with van der Waals surface area (Å²) in [7, 11) is 0. The zero-order valence-electron chi connectivity index (χ0n) is 11.3. The van der Waals surface area contributed by atoms with Gasteiger partial charge in [0.05, 0.1) is 11.5 Å². The maximum absolute atomic E-state index is 11.4. The fraction of sp³-hybridized carbons (Fsp3) is 0.462. The van der Waals surface area contributed by atoms with Crippen LogP contribution in [0.5, 0.6) is 0 Å². The maximum Gasteiger partial charge on any atom is 0.269 e. The van der Waals surface area contributed by atoms with Crippen LogP contribution in [0.15, 0.2) is 24.3 Å². The summed E-state index contributed by atoms with van der Waals surface area (Å²) in [6, 6.07) is 5.89. The van der Waals surface area contributed by atoms with Gasteiger partial charge in [-0.1, -0.05) is 0 Å². The third-order valence-electron chi connectivity index (χ3n) is 2.67. The smallest absolute Gasteiger partial charge is 0.269 e. The van der Waals surface area contributed by atoms with Crippen LogP contribution >= 0.6 is 0 Å². The molecule has 20 heavy (non-hydrogen) atoms. The number of carbonyl (C=O) groups is 1. The van der Waals surface area contributed by atoms with E-state index in [-0.39, 0.29) is 24.2 Å². The summed E-state index contributed by atoms with van der Waals surface area (Å²) < 4.78 is 0. The average Bonchev–Trinajstić information content (AvgIpc) is 2.44. The Morgan fingerprint density at radius 1 is 1.40 bits per heavy atom. The van der Waals surface area contributed by atoms with Gasteiger partial charge in [0.15, 0.2) is 0 Å². The van der Waals surface area contributed by atoms with Gasteiger partial charge in [0, 0.05) is 36.8 Å². The van der Waals surface area contributed by atoms with Gasteiger partial charge in [0.1, 0.15) is 0 Å². The van der Waals surface area contributed by atoms with Gasteiger partial charge < -0.3 is 15.7 Å². The number of nitro groups is 1. The molecule has 1 rings (SSSR count). The minimum Gasteiger partial charge on any atom is -0.394 e. The Morgan fingerprint density at radius 3 is 2.60 bits per heavy atom. The molecule has 0 aromatic heterocycles. The van der Waals surface area contributed by atoms with Crippen LogP contribution in [0, 0.1) is 10.1 Å². The Bertz CT molecular complexity index is 447. The summed E-state index contributed by atoms with van der Waals surface area (Å²) in [6.07, 6.45) is 1.01. The van der Waals surface area contributed by atoms with Gasteiger partial charge in [-0.05, 0) is 25.5 Å². The molecule has 0 spiro atoms. The Hall–Kier alpha value is -2.15. The lowest BCUT2D eigenvalue weighted by Crippen LogP contribution is -2.35. The predicted molar refractivity (Wildman–Crippen MR) is 75.5 cm³/mol. The van der Waals surface area contributed by atoms with E-state index in [2.05, 4.69) is 10.6 Å². The van der Waals surface area contributed by atoms with Crippen molar-refractivity contribution in [2.24, 2.45) is 0 Å². The molecule has 7 heteroatoms. The molecule has 0 bridgehead atoms. The maximum atomic E-state index is 11.4. The van der Waals surface area contributed by atoms with Gasteiger partial charge in [-0.3, -0.25) is 14.9 Å². The molecule has 0 aliphatic rings. The number of non-ortho nitro benzene ring substituents is 1. The number of hydrogen-bond donors (Lipinski definition) is 3. The number of rotatable bonds is 8. The Balaban J connectivity index is 2.24. The van der Waals surface area contributed by atoms with Crippen molar-refractivity contribution in [3.05, 3.63) is 34.4 Å². The number of aliphatic hydroxyl groups excluding tert-OH is 1. The quantitative estimate of drug-likeness (QED) is 0.378. The Morgan fingerprint density at radius 2 is 2.05 bits per heavy atom. The number of amides is 1. The summed E-state index contributed by atoms with van der Waals surface area (Å²) in [5.74, 6) is -0.1000. The highest BCUT2D eigenvalue weighted by Crippen LogP contribution is 2.15. The lowest BCUT2D eigenvalue weighted by atomic mass is 10.2. The van der Waals surface area contributed by atoms with Crippen molar-refractivity contribution in [2.45, 2.75) is 25.8 Å². The van der Waals surface area contributed by atoms with Crippen LogP contribution in [0.2, 0.25) is 0 Å². The monoisotopic (exact) mass is 281 g/mol. The van der Waals surface area contributed by atoms with Crippen LogP contribution in [0.1, 0.15) is 19.8 Å². The second-order valence-corrected chi connectivity index (χ2v) is 4.49. The topological polar surface area (TPSA) is 104 Å². The van der Waals surface area contributed by atoms with Crippen molar-refractivity contribution in [3.8, 4) is 0 Å². The van der Waals surface area contributed by atoms with E-state index in [0.717, 1.165) is 5.69 Å². The normalized spacial score (nSPS) is 11.7. The first-order valence-corrected chi connectivity index (χ1v) is 6.41. The molecule has 0 fully saturated rings. The summed E-state index contributed by atoms with van der Waals surface area (Å²) in [5, 5.41) is 25.0. The Labute approximate surface area is 117 Å². The zero-order chi connectivity index (χ0) is 15.0. The molecule has 110 valence electrons. The van der Waals surface area contributed by atoms with Crippen LogP contribution in [-0.2, 0) is 4.79 Å². The lowest BCUT2D eigenvalue weighted by molar-refractivity contribution is -0.384. The largest absolute Gasteiger partial charge is 0.394 e. The van der Waals surface area contributed by atoms with Crippen LogP contribution < -0.4 is 10.6 Å². The second kappa shape index (κ2) is 8.11. The first kappa shape index (κ1) is 15.9. The van der Waals surface area contributed by atoms with E-state index < -0.39 is 4.92 Å². The molecular formula is C13H19N3O4. The molecule has 0 aliphatic carbocycles. The number of anilines is 1. The van der Waals surface area contributed by atoms with Crippen LogP contribution in [0.25, 0.3) is 0 Å². The minimum absolute atomic E-state index is 0.0490. The third-order valence-corrected chi connectivity index (χ3v) is 2.67. The first-order valence-electron chi connectivity index (χ1n) is 6.41. The molecule has 0 aliphatic heterocycles. The van der Waals surface area contributed by atoms with Crippen molar-refractivity contribution in [2.75, 3.05) is 18.5 Å². The molecule has 1 atom stereocenters. The highest BCUT2D eigenvalue weighted by atomic mass is 16.6. The van der Waals surface area contributed by atoms with E-state index in [1.54, 1.807) is 19.1 Å². The molecule has 1 aromatic rings. The zero-order valence-corrected chi connectivity index (χ0v) is 11.3. The number of nitrogens with one attached hydrogen (secondary N) is 2. The number of nitro benzene ring substituents is 1. The average molecular weight is 281 g/mol. The predicted octanol–water partition coefficient (Wildman–Crippen LogP) is 1.28. The van der Waals surface area contributed by atoms with Gasteiger partial charge in [-0.25, -0.2) is 0 Å². The van der Waals surface area contributed by atoms with E-state index in [4.69, 9.17) is 5.11 Å². The number of hydrogen-bond acceptors (Lipinski definition) is 5. The van der Waals surface area contributed by atoms with E-state index >= 15 is 0 Å². The molecule has 0 saturated heterocycles. The van der Waals surface area contributed by atoms with Gasteiger partial charge in [-0.2, -0.15) is 0 Å². The summed E-state index contributed by atoms with van der Waals surface area (Å²) >= 11 is 0. The third kappa shape index (κ3) is 5.66. The van der Waals surface area contributed by atoms with Crippen LogP contribution in [0.4, 0.5) is 11.4 Å². The summed E-state index contributed by atoms with van der Waals surface area (Å²) in [5.41, 5.74) is 0.827. The summed E-state index contributed by atoms with van der Waals surface area (Å²) in [6.45, 7) is 2.25. The molecule has 3 N–H and O–H groups in total. The van der Waals surface area contributed by atoms with Gasteiger partial charge in [0.2, 0.25) is 5.91 Å². The number of carbonyl (C=O) groups excluding carboxylic acids is 1. The minimum atomic E-state index is -0.448. The number of nitrogens with zero attached hydrogens (tertiary/aromatic N) is 1. The standard InChI is InChI=1S/C13H19N3O4/c1-10(9-17)15-13(18)3-2-8-14-11-4-6-12(7-5-11)16(19)20/h4-7,10,14,17H,2-3,8-9H2,1H3,(H,15,18). The molecule has 1 amide bonds. The fourth-order valence-electron chi connectivity index (χ4n) is 1.58. The first-order chi connectivity index (χ1) is 9.52. The Kier molecular flexibility index (Phi) is 6.45. The second-order valence-electron chi connectivity index (χ2n) is 4.49. The van der Waals surface area contributed by atoms with Crippen LogP contribution in [-0.4, -0.2) is 35.1 Å². The number of benzene rings is 1. The van der Waals surface area contributed by atoms with E-state index in [1.165, 1.54) is 12.1 Å².